The average Bonchev–Trinajstić information content (AvgIpc) is 2.48. The highest BCUT2D eigenvalue weighted by Gasteiger charge is 2.22. The van der Waals surface area contributed by atoms with Gasteiger partial charge in [0.25, 0.3) is 5.56 Å². The van der Waals surface area contributed by atoms with E-state index >= 15 is 0 Å². The van der Waals surface area contributed by atoms with Crippen molar-refractivity contribution < 1.29 is 5.11 Å². The van der Waals surface area contributed by atoms with Crippen LogP contribution in [0.3, 0.4) is 0 Å². The Morgan fingerprint density at radius 1 is 1.31 bits per heavy atom. The third-order valence-corrected chi connectivity index (χ3v) is 2.45. The Morgan fingerprint density at radius 2 is 2.15 bits per heavy atom. The molecule has 0 spiro atoms. The number of H-pyrrole nitrogens is 2. The summed E-state index contributed by atoms with van der Waals surface area (Å²) in [6, 6.07) is 0.00347. The molecule has 5 nitrogen and oxygen atoms in total. The Labute approximate surface area is 75.2 Å². The van der Waals surface area contributed by atoms with Crippen LogP contribution in [0.15, 0.2) is 4.79 Å². The van der Waals surface area contributed by atoms with Crippen LogP contribution in [0.5, 0.6) is 5.88 Å². The number of hydrogen-bond donors (Lipinski definition) is 4. The molecule has 5 heteroatoms. The quantitative estimate of drug-likeness (QED) is 0.503. The van der Waals surface area contributed by atoms with Gasteiger partial charge in [0.15, 0.2) is 0 Å². The van der Waals surface area contributed by atoms with Crippen molar-refractivity contribution in [3.8, 4) is 5.88 Å². The second-order valence-electron chi connectivity index (χ2n) is 3.34. The minimum absolute atomic E-state index is 0.00347. The lowest BCUT2D eigenvalue weighted by molar-refractivity contribution is 0.386. The predicted molar refractivity (Wildman–Crippen MR) is 47.7 cm³/mol. The molecule has 1 aromatic rings. The molecule has 4 N–H and O–H groups in total. The minimum atomic E-state index is -0.225. The molecule has 72 valence electrons. The van der Waals surface area contributed by atoms with E-state index in [1.165, 1.54) is 0 Å². The smallest absolute Gasteiger partial charge is 0.272 e. The van der Waals surface area contributed by atoms with Crippen LogP contribution >= 0.6 is 0 Å². The molecule has 0 amide bonds. The summed E-state index contributed by atoms with van der Waals surface area (Å²) < 4.78 is 0. The first-order valence-electron chi connectivity index (χ1n) is 4.52. The van der Waals surface area contributed by atoms with E-state index in [4.69, 9.17) is 0 Å². The second-order valence-corrected chi connectivity index (χ2v) is 3.34. The van der Waals surface area contributed by atoms with Gasteiger partial charge in [-0.3, -0.25) is 15.0 Å². The fourth-order valence-corrected chi connectivity index (χ4v) is 1.78. The molecule has 0 saturated carbocycles. The van der Waals surface area contributed by atoms with E-state index in [1.54, 1.807) is 0 Å². The van der Waals surface area contributed by atoms with Crippen LogP contribution in [0, 0.1) is 0 Å². The second kappa shape index (κ2) is 3.26. The van der Waals surface area contributed by atoms with Crippen LogP contribution < -0.4 is 10.9 Å². The molecule has 1 atom stereocenters. The van der Waals surface area contributed by atoms with E-state index in [2.05, 4.69) is 15.5 Å². The van der Waals surface area contributed by atoms with Gasteiger partial charge in [-0.2, -0.15) is 0 Å². The first-order chi connectivity index (χ1) is 6.29. The molecule has 1 aliphatic heterocycles. The van der Waals surface area contributed by atoms with Gasteiger partial charge in [0, 0.05) is 6.04 Å². The van der Waals surface area contributed by atoms with Crippen molar-refractivity contribution in [2.24, 2.45) is 0 Å². The van der Waals surface area contributed by atoms with Crippen LogP contribution in [0.4, 0.5) is 0 Å². The lowest BCUT2D eigenvalue weighted by Crippen LogP contribution is -2.29. The van der Waals surface area contributed by atoms with Crippen molar-refractivity contribution in [1.82, 2.24) is 15.5 Å². The Morgan fingerprint density at radius 3 is 2.69 bits per heavy atom. The maximum atomic E-state index is 11.3. The SMILES string of the molecule is O=c1[nH][nH]c(O)c1C1CCCCN1. The molecular formula is C8H13N3O2. The summed E-state index contributed by atoms with van der Waals surface area (Å²) in [5.74, 6) is -0.0376. The van der Waals surface area contributed by atoms with Gasteiger partial charge in [0.1, 0.15) is 0 Å². The fourth-order valence-electron chi connectivity index (χ4n) is 1.78. The van der Waals surface area contributed by atoms with Crippen LogP contribution in [0.25, 0.3) is 0 Å². The van der Waals surface area contributed by atoms with Crippen molar-refractivity contribution in [2.45, 2.75) is 25.3 Å². The largest absolute Gasteiger partial charge is 0.493 e. The molecule has 1 aromatic heterocycles. The van der Waals surface area contributed by atoms with E-state index in [0.717, 1.165) is 25.8 Å². The Hall–Kier alpha value is -1.23. The molecule has 0 aromatic carbocycles. The number of aromatic nitrogens is 2. The van der Waals surface area contributed by atoms with E-state index in [1.807, 2.05) is 0 Å². The summed E-state index contributed by atoms with van der Waals surface area (Å²) in [6.45, 7) is 0.911. The topological polar surface area (TPSA) is 80.9 Å². The van der Waals surface area contributed by atoms with Crippen molar-refractivity contribution in [2.75, 3.05) is 6.54 Å². The van der Waals surface area contributed by atoms with Gasteiger partial charge >= 0.3 is 0 Å². The third-order valence-electron chi connectivity index (χ3n) is 2.45. The summed E-state index contributed by atoms with van der Waals surface area (Å²) in [5, 5.41) is 17.3. The lowest BCUT2D eigenvalue weighted by Gasteiger charge is -2.21. The molecule has 1 aliphatic rings. The summed E-state index contributed by atoms with van der Waals surface area (Å²) in [4.78, 5) is 11.3. The molecule has 13 heavy (non-hydrogen) atoms. The molecule has 2 heterocycles. The fraction of sp³-hybridized carbons (Fsp3) is 0.625. The van der Waals surface area contributed by atoms with Crippen LogP contribution in [-0.2, 0) is 0 Å². The van der Waals surface area contributed by atoms with Gasteiger partial charge in [-0.1, -0.05) is 6.42 Å². The van der Waals surface area contributed by atoms with E-state index in [9.17, 15) is 9.90 Å². The highest BCUT2D eigenvalue weighted by atomic mass is 16.3. The molecule has 1 fully saturated rings. The van der Waals surface area contributed by atoms with E-state index in [0.29, 0.717) is 5.56 Å². The normalized spacial score (nSPS) is 23.2. The van der Waals surface area contributed by atoms with Gasteiger partial charge in [-0.25, -0.2) is 0 Å². The average molecular weight is 183 g/mol. The molecular weight excluding hydrogens is 170 g/mol. The van der Waals surface area contributed by atoms with Gasteiger partial charge in [-0.05, 0) is 19.4 Å². The van der Waals surface area contributed by atoms with Gasteiger partial charge in [0.2, 0.25) is 5.88 Å². The summed E-state index contributed by atoms with van der Waals surface area (Å²) in [5.41, 5.74) is 0.219. The summed E-state index contributed by atoms with van der Waals surface area (Å²) in [7, 11) is 0. The van der Waals surface area contributed by atoms with E-state index in [-0.39, 0.29) is 17.5 Å². The predicted octanol–water partition coefficient (Wildman–Crippen LogP) is 0.223. The Kier molecular flexibility index (Phi) is 2.10. The van der Waals surface area contributed by atoms with Crippen LogP contribution in [0.1, 0.15) is 30.9 Å². The van der Waals surface area contributed by atoms with Gasteiger partial charge in [-0.15, -0.1) is 0 Å². The Balaban J connectivity index is 2.27. The van der Waals surface area contributed by atoms with Gasteiger partial charge in [0.05, 0.1) is 5.56 Å². The third kappa shape index (κ3) is 1.47. The number of hydrogen-bond acceptors (Lipinski definition) is 3. The lowest BCUT2D eigenvalue weighted by atomic mass is 10.00. The summed E-state index contributed by atoms with van der Waals surface area (Å²) in [6.07, 6.45) is 3.15. The highest BCUT2D eigenvalue weighted by Crippen LogP contribution is 2.24. The van der Waals surface area contributed by atoms with Crippen LogP contribution in [0.2, 0.25) is 0 Å². The first-order valence-corrected chi connectivity index (χ1v) is 4.52. The molecule has 0 aliphatic carbocycles. The summed E-state index contributed by atoms with van der Waals surface area (Å²) >= 11 is 0. The molecule has 1 unspecified atom stereocenters. The molecule has 1 saturated heterocycles. The molecule has 0 bridgehead atoms. The van der Waals surface area contributed by atoms with Crippen molar-refractivity contribution >= 4 is 0 Å². The maximum Gasteiger partial charge on any atom is 0.272 e. The Bertz CT molecular complexity index is 335. The monoisotopic (exact) mass is 183 g/mol. The molecule has 0 radical (unpaired) electrons. The van der Waals surface area contributed by atoms with E-state index < -0.39 is 0 Å². The number of nitrogens with one attached hydrogen (secondary N) is 3. The zero-order valence-electron chi connectivity index (χ0n) is 7.26. The minimum Gasteiger partial charge on any atom is -0.493 e. The zero-order chi connectivity index (χ0) is 9.26. The molecule has 2 rings (SSSR count). The van der Waals surface area contributed by atoms with Crippen molar-refractivity contribution in [3.05, 3.63) is 15.9 Å². The number of piperidine rings is 1. The number of rotatable bonds is 1. The van der Waals surface area contributed by atoms with Crippen LogP contribution in [-0.4, -0.2) is 21.8 Å². The highest BCUT2D eigenvalue weighted by molar-refractivity contribution is 5.25. The zero-order valence-corrected chi connectivity index (χ0v) is 7.26. The van der Waals surface area contributed by atoms with Gasteiger partial charge < -0.3 is 10.4 Å². The van der Waals surface area contributed by atoms with Crippen molar-refractivity contribution in [3.63, 3.8) is 0 Å². The van der Waals surface area contributed by atoms with Crippen molar-refractivity contribution in [1.29, 1.82) is 0 Å². The maximum absolute atomic E-state index is 11.3. The number of aromatic amines is 2. The number of aromatic hydroxyl groups is 1. The first kappa shape index (κ1) is 8.37. The standard InChI is InChI=1S/C8H13N3O2/c12-7-6(8(13)11-10-7)5-3-1-2-4-9-5/h5,9H,1-4H2,(H3,10,11,12,13).